The first kappa shape index (κ1) is 18.3. The van der Waals surface area contributed by atoms with Crippen molar-refractivity contribution in [2.75, 3.05) is 0 Å². The van der Waals surface area contributed by atoms with Crippen LogP contribution in [-0.4, -0.2) is 32.8 Å². The second-order valence-electron chi connectivity index (χ2n) is 7.65. The molecule has 2 amide bonds. The standard InChI is InChI=1S/C18H20F2N4O2S/c1-17(18(19,20)11-4-5-22-13(8-11)14(21)25)15(26)24-16(27-17)23-12-7-9-2-3-10(12)6-9/h4-5,8-10,12H,2-3,6-7H2,1H3,(H2,21,25)(H,23,24,26). The molecule has 4 unspecified atom stereocenters. The highest BCUT2D eigenvalue weighted by atomic mass is 32.2. The SMILES string of the molecule is CC1(C(F)(F)c2ccnc(C(N)=O)c2)SC(NC2CC3CCC2C3)=NC1=O. The smallest absolute Gasteiger partial charge is 0.296 e. The van der Waals surface area contributed by atoms with Crippen LogP contribution in [0.15, 0.2) is 23.3 Å². The molecule has 4 atom stereocenters. The highest BCUT2D eigenvalue weighted by Gasteiger charge is 2.61. The van der Waals surface area contributed by atoms with Crippen LogP contribution in [0.3, 0.4) is 0 Å². The molecule has 3 aliphatic rings. The second kappa shape index (κ2) is 6.25. The number of thioether (sulfide) groups is 1. The topological polar surface area (TPSA) is 97.4 Å². The molecule has 9 heteroatoms. The van der Waals surface area contributed by atoms with Gasteiger partial charge >= 0.3 is 0 Å². The number of amides is 2. The molecule has 0 saturated heterocycles. The highest BCUT2D eigenvalue weighted by Crippen LogP contribution is 2.51. The van der Waals surface area contributed by atoms with E-state index in [2.05, 4.69) is 15.3 Å². The lowest BCUT2D eigenvalue weighted by atomic mass is 9.94. The van der Waals surface area contributed by atoms with Gasteiger partial charge in [0.15, 0.2) is 9.91 Å². The number of aromatic nitrogens is 1. The number of primary amides is 1. The largest absolute Gasteiger partial charge is 0.364 e. The average Bonchev–Trinajstić information content (AvgIpc) is 3.31. The Morgan fingerprint density at radius 1 is 1.41 bits per heavy atom. The van der Waals surface area contributed by atoms with Crippen molar-refractivity contribution in [1.29, 1.82) is 0 Å². The van der Waals surface area contributed by atoms with Crippen LogP contribution in [-0.2, 0) is 10.7 Å². The number of nitrogens with two attached hydrogens (primary N) is 1. The molecule has 2 saturated carbocycles. The van der Waals surface area contributed by atoms with E-state index in [0.29, 0.717) is 11.8 Å². The van der Waals surface area contributed by atoms with Crippen molar-refractivity contribution in [1.82, 2.24) is 10.3 Å². The van der Waals surface area contributed by atoms with Gasteiger partial charge in [0.1, 0.15) is 5.69 Å². The molecular formula is C18H20F2N4O2S. The second-order valence-corrected chi connectivity index (χ2v) is 9.06. The van der Waals surface area contributed by atoms with Gasteiger partial charge in [-0.15, -0.1) is 0 Å². The van der Waals surface area contributed by atoms with Gasteiger partial charge in [-0.1, -0.05) is 18.2 Å². The van der Waals surface area contributed by atoms with E-state index in [4.69, 9.17) is 5.73 Å². The van der Waals surface area contributed by atoms with Crippen LogP contribution in [0.25, 0.3) is 0 Å². The minimum Gasteiger partial charge on any atom is -0.364 e. The number of hydrogen-bond donors (Lipinski definition) is 2. The third kappa shape index (κ3) is 2.92. The highest BCUT2D eigenvalue weighted by molar-refractivity contribution is 8.16. The van der Waals surface area contributed by atoms with Gasteiger partial charge in [-0.3, -0.25) is 14.6 Å². The third-order valence-corrected chi connectivity index (χ3v) is 7.17. The van der Waals surface area contributed by atoms with E-state index in [1.807, 2.05) is 0 Å². The Bertz CT molecular complexity index is 846. The molecule has 1 aromatic heterocycles. The van der Waals surface area contributed by atoms with Crippen LogP contribution < -0.4 is 11.1 Å². The normalized spacial score (nSPS) is 32.6. The lowest BCUT2D eigenvalue weighted by molar-refractivity contribution is -0.130. The van der Waals surface area contributed by atoms with Crippen molar-refractivity contribution in [3.63, 3.8) is 0 Å². The van der Waals surface area contributed by atoms with Crippen molar-refractivity contribution < 1.29 is 18.4 Å². The molecule has 1 aromatic rings. The van der Waals surface area contributed by atoms with Crippen LogP contribution in [0.2, 0.25) is 0 Å². The van der Waals surface area contributed by atoms with Crippen LogP contribution in [0, 0.1) is 11.8 Å². The number of alkyl halides is 2. The Hall–Kier alpha value is -2.03. The van der Waals surface area contributed by atoms with Gasteiger partial charge in [0.05, 0.1) is 0 Å². The maximum absolute atomic E-state index is 15.3. The molecular weight excluding hydrogens is 374 g/mol. The summed E-state index contributed by atoms with van der Waals surface area (Å²) in [7, 11) is 0. The summed E-state index contributed by atoms with van der Waals surface area (Å²) in [6.45, 7) is 1.18. The molecule has 0 aromatic carbocycles. The first-order chi connectivity index (χ1) is 12.7. The summed E-state index contributed by atoms with van der Waals surface area (Å²) in [6.07, 6.45) is 5.60. The number of fused-ring (bicyclic) bond motifs is 2. The van der Waals surface area contributed by atoms with Crippen LogP contribution in [0.1, 0.15) is 48.7 Å². The Balaban J connectivity index is 1.55. The summed E-state index contributed by atoms with van der Waals surface area (Å²) in [5.74, 6) is -4.13. The molecule has 0 radical (unpaired) electrons. The van der Waals surface area contributed by atoms with Gasteiger partial charge in [0, 0.05) is 17.8 Å². The number of rotatable bonds is 4. The molecule has 2 fully saturated rings. The number of halogens is 2. The van der Waals surface area contributed by atoms with Gasteiger partial charge in [-0.25, -0.2) is 0 Å². The van der Waals surface area contributed by atoms with Crippen molar-refractivity contribution in [3.05, 3.63) is 29.6 Å². The number of carbonyl (C=O) groups excluding carboxylic acids is 2. The quantitative estimate of drug-likeness (QED) is 0.818. The minimum atomic E-state index is -3.55. The van der Waals surface area contributed by atoms with Gasteiger partial charge in [-0.05, 0) is 50.2 Å². The molecule has 0 spiro atoms. The summed E-state index contributed by atoms with van der Waals surface area (Å²) < 4.78 is 28.4. The van der Waals surface area contributed by atoms with E-state index >= 15 is 8.78 Å². The number of aliphatic imine (C=N–C) groups is 1. The van der Waals surface area contributed by atoms with E-state index in [1.54, 1.807) is 0 Å². The fraction of sp³-hybridized carbons (Fsp3) is 0.556. The van der Waals surface area contributed by atoms with Gasteiger partial charge < -0.3 is 11.1 Å². The number of pyridine rings is 1. The number of carbonyl (C=O) groups is 2. The molecule has 2 aliphatic carbocycles. The monoisotopic (exact) mass is 394 g/mol. The minimum absolute atomic E-state index is 0.196. The number of nitrogens with one attached hydrogen (secondary N) is 1. The average molecular weight is 394 g/mol. The fourth-order valence-corrected chi connectivity index (χ4v) is 5.44. The van der Waals surface area contributed by atoms with E-state index in [1.165, 1.54) is 13.3 Å². The summed E-state index contributed by atoms with van der Waals surface area (Å²) in [6, 6.07) is 2.22. The van der Waals surface area contributed by atoms with Gasteiger partial charge in [-0.2, -0.15) is 13.8 Å². The number of hydrogen-bond acceptors (Lipinski definition) is 5. The Morgan fingerprint density at radius 2 is 2.19 bits per heavy atom. The summed E-state index contributed by atoms with van der Waals surface area (Å²) in [4.78, 5) is 31.3. The van der Waals surface area contributed by atoms with Gasteiger partial charge in [0.2, 0.25) is 0 Å². The predicted molar refractivity (Wildman–Crippen MR) is 97.5 cm³/mol. The molecule has 2 bridgehead atoms. The van der Waals surface area contributed by atoms with E-state index in [-0.39, 0.29) is 16.9 Å². The Labute approximate surface area is 159 Å². The van der Waals surface area contributed by atoms with Crippen molar-refractivity contribution in [2.24, 2.45) is 22.6 Å². The Morgan fingerprint density at radius 3 is 2.81 bits per heavy atom. The van der Waals surface area contributed by atoms with Gasteiger partial charge in [0.25, 0.3) is 17.7 Å². The maximum Gasteiger partial charge on any atom is 0.296 e. The van der Waals surface area contributed by atoms with Crippen LogP contribution >= 0.6 is 11.8 Å². The van der Waals surface area contributed by atoms with Crippen LogP contribution in [0.5, 0.6) is 0 Å². The zero-order valence-corrected chi connectivity index (χ0v) is 15.6. The lowest BCUT2D eigenvalue weighted by Gasteiger charge is -2.31. The molecule has 6 nitrogen and oxygen atoms in total. The first-order valence-corrected chi connectivity index (χ1v) is 9.75. The maximum atomic E-state index is 15.3. The molecule has 27 heavy (non-hydrogen) atoms. The van der Waals surface area contributed by atoms with Crippen LogP contribution in [0.4, 0.5) is 8.78 Å². The number of nitrogens with zero attached hydrogens (tertiary/aromatic N) is 2. The summed E-state index contributed by atoms with van der Waals surface area (Å²) in [5, 5.41) is 3.47. The molecule has 2 heterocycles. The number of amidine groups is 1. The summed E-state index contributed by atoms with van der Waals surface area (Å²) in [5.41, 5.74) is 4.38. The zero-order valence-electron chi connectivity index (χ0n) is 14.7. The zero-order chi connectivity index (χ0) is 19.4. The van der Waals surface area contributed by atoms with E-state index in [0.717, 1.165) is 49.4 Å². The molecule has 4 rings (SSSR count). The molecule has 3 N–H and O–H groups in total. The Kier molecular flexibility index (Phi) is 4.25. The predicted octanol–water partition coefficient (Wildman–Crippen LogP) is 2.44. The summed E-state index contributed by atoms with van der Waals surface area (Å²) >= 11 is 0.754. The first-order valence-electron chi connectivity index (χ1n) is 8.93. The molecule has 1 aliphatic heterocycles. The van der Waals surface area contributed by atoms with E-state index in [9.17, 15) is 9.59 Å². The van der Waals surface area contributed by atoms with Crippen molar-refractivity contribution in [2.45, 2.75) is 49.3 Å². The van der Waals surface area contributed by atoms with E-state index < -0.39 is 28.0 Å². The molecule has 144 valence electrons. The fourth-order valence-electron chi connectivity index (χ4n) is 4.33. The third-order valence-electron chi connectivity index (χ3n) is 5.93. The van der Waals surface area contributed by atoms with Crippen molar-refractivity contribution >= 4 is 28.7 Å². The van der Waals surface area contributed by atoms with Crippen molar-refractivity contribution in [3.8, 4) is 0 Å². The lowest BCUT2D eigenvalue weighted by Crippen LogP contribution is -2.45.